The monoisotopic (exact) mass is 422 g/mol. The Kier molecular flexibility index (Phi) is 5.21. The third kappa shape index (κ3) is 3.65. The first-order chi connectivity index (χ1) is 15.7. The second kappa shape index (κ2) is 8.47. The van der Waals surface area contributed by atoms with Gasteiger partial charge in [-0.15, -0.1) is 0 Å². The highest BCUT2D eigenvalue weighted by atomic mass is 16.1. The third-order valence-electron chi connectivity index (χ3n) is 5.44. The smallest absolute Gasteiger partial charge is 0.257 e. The molecule has 0 saturated heterocycles. The molecule has 158 valence electrons. The zero-order chi connectivity index (χ0) is 21.9. The largest absolute Gasteiger partial charge is 0.342 e. The van der Waals surface area contributed by atoms with E-state index < -0.39 is 0 Å². The van der Waals surface area contributed by atoms with Crippen LogP contribution < -0.4 is 5.32 Å². The number of fused-ring (bicyclic) bond motifs is 1. The zero-order valence-electron chi connectivity index (χ0n) is 17.6. The van der Waals surface area contributed by atoms with Crippen molar-refractivity contribution >= 4 is 11.6 Å². The van der Waals surface area contributed by atoms with Crippen LogP contribution in [0.3, 0.4) is 0 Å². The summed E-state index contributed by atoms with van der Waals surface area (Å²) in [5.41, 5.74) is 4.79. The van der Waals surface area contributed by atoms with Crippen molar-refractivity contribution in [1.29, 1.82) is 0 Å². The molecule has 2 N–H and O–H groups in total. The summed E-state index contributed by atoms with van der Waals surface area (Å²) >= 11 is 0. The molecule has 0 aliphatic rings. The van der Waals surface area contributed by atoms with Gasteiger partial charge in [-0.1, -0.05) is 67.6 Å². The van der Waals surface area contributed by atoms with Crippen LogP contribution in [0.15, 0.2) is 85.3 Å². The summed E-state index contributed by atoms with van der Waals surface area (Å²) in [7, 11) is 0. The molecular weight excluding hydrogens is 400 g/mol. The van der Waals surface area contributed by atoms with E-state index in [0.717, 1.165) is 22.5 Å². The number of nitrogens with one attached hydrogen (secondary N) is 2. The van der Waals surface area contributed by atoms with Gasteiger partial charge in [0.15, 0.2) is 5.65 Å². The number of H-pyrrole nitrogens is 1. The average molecular weight is 422 g/mol. The number of aromatic nitrogens is 5. The van der Waals surface area contributed by atoms with Crippen LogP contribution >= 0.6 is 0 Å². The van der Waals surface area contributed by atoms with Gasteiger partial charge in [0, 0.05) is 11.8 Å². The molecule has 3 heterocycles. The van der Waals surface area contributed by atoms with E-state index in [1.165, 1.54) is 0 Å². The molecule has 2 aromatic carbocycles. The van der Waals surface area contributed by atoms with Gasteiger partial charge in [0.05, 0.1) is 29.8 Å². The van der Waals surface area contributed by atoms with Crippen LogP contribution in [0.2, 0.25) is 0 Å². The number of amides is 1. The SMILES string of the molecule is CCC(NC(=O)c1cnn2c(-c3ccccc3)ccnc12)c1ncc(-c2ccccc2)[nH]1. The maximum absolute atomic E-state index is 13.1. The second-order valence-corrected chi connectivity index (χ2v) is 7.47. The molecule has 5 aromatic rings. The molecule has 32 heavy (non-hydrogen) atoms. The molecule has 1 amide bonds. The van der Waals surface area contributed by atoms with Crippen LogP contribution in [0, 0.1) is 0 Å². The molecule has 3 aromatic heterocycles. The Balaban J connectivity index is 1.41. The molecule has 1 unspecified atom stereocenters. The maximum Gasteiger partial charge on any atom is 0.257 e. The van der Waals surface area contributed by atoms with Crippen LogP contribution in [0.25, 0.3) is 28.2 Å². The predicted molar refractivity (Wildman–Crippen MR) is 123 cm³/mol. The number of nitrogens with zero attached hydrogens (tertiary/aromatic N) is 4. The van der Waals surface area contributed by atoms with Crippen molar-refractivity contribution < 1.29 is 4.79 Å². The van der Waals surface area contributed by atoms with Crippen molar-refractivity contribution in [1.82, 2.24) is 29.9 Å². The Labute approximate surface area is 185 Å². The average Bonchev–Trinajstić information content (AvgIpc) is 3.51. The van der Waals surface area contributed by atoms with Crippen LogP contribution in [0.4, 0.5) is 0 Å². The zero-order valence-corrected chi connectivity index (χ0v) is 17.6. The fraction of sp³-hybridized carbons (Fsp3) is 0.120. The first kappa shape index (κ1) is 19.7. The van der Waals surface area contributed by atoms with Gasteiger partial charge in [0.2, 0.25) is 0 Å². The number of hydrogen-bond acceptors (Lipinski definition) is 4. The Morgan fingerprint density at radius 2 is 1.69 bits per heavy atom. The van der Waals surface area contributed by atoms with E-state index in [9.17, 15) is 4.79 Å². The van der Waals surface area contributed by atoms with E-state index in [1.54, 1.807) is 23.1 Å². The number of benzene rings is 2. The van der Waals surface area contributed by atoms with Crippen molar-refractivity contribution in [2.75, 3.05) is 0 Å². The fourth-order valence-corrected chi connectivity index (χ4v) is 3.76. The van der Waals surface area contributed by atoms with Crippen LogP contribution in [0.5, 0.6) is 0 Å². The van der Waals surface area contributed by atoms with E-state index in [1.807, 2.05) is 73.7 Å². The molecule has 0 aliphatic heterocycles. The second-order valence-electron chi connectivity index (χ2n) is 7.47. The summed E-state index contributed by atoms with van der Waals surface area (Å²) in [4.78, 5) is 25.4. The first-order valence-corrected chi connectivity index (χ1v) is 10.5. The Morgan fingerprint density at radius 1 is 0.969 bits per heavy atom. The van der Waals surface area contributed by atoms with Crippen molar-refractivity contribution in [2.24, 2.45) is 0 Å². The first-order valence-electron chi connectivity index (χ1n) is 10.5. The highest BCUT2D eigenvalue weighted by Gasteiger charge is 2.21. The van der Waals surface area contributed by atoms with Gasteiger partial charge in [-0.2, -0.15) is 5.10 Å². The molecule has 1 atom stereocenters. The Morgan fingerprint density at radius 3 is 2.41 bits per heavy atom. The third-order valence-corrected chi connectivity index (χ3v) is 5.44. The fourth-order valence-electron chi connectivity index (χ4n) is 3.76. The van der Waals surface area contributed by atoms with Crippen LogP contribution in [0.1, 0.15) is 35.6 Å². The van der Waals surface area contributed by atoms with E-state index >= 15 is 0 Å². The lowest BCUT2D eigenvalue weighted by Gasteiger charge is -2.14. The van der Waals surface area contributed by atoms with Crippen LogP contribution in [-0.4, -0.2) is 30.5 Å². The van der Waals surface area contributed by atoms with E-state index in [2.05, 4.69) is 25.4 Å². The highest BCUT2D eigenvalue weighted by molar-refractivity contribution is 6.00. The summed E-state index contributed by atoms with van der Waals surface area (Å²) in [6, 6.07) is 21.5. The number of imidazole rings is 1. The molecule has 0 bridgehead atoms. The molecule has 7 heteroatoms. The van der Waals surface area contributed by atoms with Crippen LogP contribution in [-0.2, 0) is 0 Å². The van der Waals surface area contributed by atoms with Gasteiger partial charge in [-0.3, -0.25) is 4.79 Å². The number of carbonyl (C=O) groups excluding carboxylic acids is 1. The van der Waals surface area contributed by atoms with E-state index in [4.69, 9.17) is 0 Å². The highest BCUT2D eigenvalue weighted by Crippen LogP contribution is 2.23. The standard InChI is InChI=1S/C25H22N6O/c1-2-20(23-27-16-21(29-23)17-9-5-3-6-10-17)30-25(32)19-15-28-31-22(13-14-26-24(19)31)18-11-7-4-8-12-18/h3-16,20H,2H2,1H3,(H,27,29)(H,30,32). The van der Waals surface area contributed by atoms with E-state index in [-0.39, 0.29) is 11.9 Å². The normalized spacial score (nSPS) is 12.0. The topological polar surface area (TPSA) is 88.0 Å². The summed E-state index contributed by atoms with van der Waals surface area (Å²) in [6.45, 7) is 2.01. The minimum absolute atomic E-state index is 0.234. The Hall–Kier alpha value is -4.26. The summed E-state index contributed by atoms with van der Waals surface area (Å²) in [5, 5.41) is 7.51. The molecule has 0 radical (unpaired) electrons. The number of rotatable bonds is 6. The molecule has 0 saturated carbocycles. The van der Waals surface area contributed by atoms with Gasteiger partial charge in [-0.25, -0.2) is 14.5 Å². The van der Waals surface area contributed by atoms with Gasteiger partial charge in [0.25, 0.3) is 5.91 Å². The molecule has 0 fully saturated rings. The lowest BCUT2D eigenvalue weighted by atomic mass is 10.1. The Bertz CT molecular complexity index is 1360. The molecule has 7 nitrogen and oxygen atoms in total. The molecule has 5 rings (SSSR count). The van der Waals surface area contributed by atoms with E-state index in [0.29, 0.717) is 23.5 Å². The van der Waals surface area contributed by atoms with Gasteiger partial charge in [-0.05, 0) is 18.1 Å². The number of hydrogen-bond donors (Lipinski definition) is 2. The predicted octanol–water partition coefficient (Wildman–Crippen LogP) is 4.67. The minimum atomic E-state index is -0.257. The quantitative estimate of drug-likeness (QED) is 0.416. The van der Waals surface area contributed by atoms with Gasteiger partial charge < -0.3 is 10.3 Å². The summed E-state index contributed by atoms with van der Waals surface area (Å²) in [5.74, 6) is 0.483. The minimum Gasteiger partial charge on any atom is -0.342 e. The maximum atomic E-state index is 13.1. The van der Waals surface area contributed by atoms with Crippen molar-refractivity contribution in [3.05, 3.63) is 96.7 Å². The summed E-state index contributed by atoms with van der Waals surface area (Å²) < 4.78 is 1.70. The summed E-state index contributed by atoms with van der Waals surface area (Å²) in [6.07, 6.45) is 5.75. The molecular formula is C25H22N6O. The number of carbonyl (C=O) groups is 1. The van der Waals surface area contributed by atoms with Crippen molar-refractivity contribution in [2.45, 2.75) is 19.4 Å². The number of aromatic amines is 1. The van der Waals surface area contributed by atoms with Crippen molar-refractivity contribution in [3.63, 3.8) is 0 Å². The van der Waals surface area contributed by atoms with Gasteiger partial charge in [0.1, 0.15) is 11.4 Å². The molecule has 0 aliphatic carbocycles. The molecule has 0 spiro atoms. The van der Waals surface area contributed by atoms with Gasteiger partial charge >= 0.3 is 0 Å². The van der Waals surface area contributed by atoms with Crippen molar-refractivity contribution in [3.8, 4) is 22.5 Å². The lowest BCUT2D eigenvalue weighted by molar-refractivity contribution is 0.0935. The lowest BCUT2D eigenvalue weighted by Crippen LogP contribution is -2.29.